The number of carbonyl (C=O) groups is 1. The number of hydrogen-bond donors (Lipinski definition) is 8. The third-order valence-corrected chi connectivity index (χ3v) is 15.6. The van der Waals surface area contributed by atoms with Crippen molar-refractivity contribution in [3.8, 4) is 0 Å². The van der Waals surface area contributed by atoms with Gasteiger partial charge in [-0.3, -0.25) is 9.36 Å². The molecule has 19 heteroatoms. The number of nitrogens with zero attached hydrogens (tertiary/aromatic N) is 1. The molecule has 450 valence electrons. The van der Waals surface area contributed by atoms with E-state index >= 15 is 0 Å². The number of likely N-dealkylation sites (N-methyl/N-ethyl adjacent to an activating group) is 1. The lowest BCUT2D eigenvalue weighted by molar-refractivity contribution is -0.870. The van der Waals surface area contributed by atoms with E-state index in [1.807, 2.05) is 27.2 Å². The zero-order chi connectivity index (χ0) is 56.2. The van der Waals surface area contributed by atoms with Crippen LogP contribution in [0.4, 0.5) is 0 Å². The highest BCUT2D eigenvalue weighted by Crippen LogP contribution is 2.39. The van der Waals surface area contributed by atoms with Gasteiger partial charge in [-0.2, -0.15) is 0 Å². The number of quaternary nitrogens is 1. The summed E-state index contributed by atoms with van der Waals surface area (Å²) in [6.45, 7) is 5.21. The van der Waals surface area contributed by atoms with Crippen LogP contribution in [0.1, 0.15) is 213 Å². The Morgan fingerprint density at radius 3 is 1.51 bits per heavy atom. The third kappa shape index (κ3) is 32.9. The molecule has 2 aliphatic heterocycles. The first kappa shape index (κ1) is 70.9. The predicted molar refractivity (Wildman–Crippen MR) is 294 cm³/mol. The second kappa shape index (κ2) is 41.8. The fourth-order valence-corrected chi connectivity index (χ4v) is 10.2. The van der Waals surface area contributed by atoms with Gasteiger partial charge < -0.3 is 78.4 Å². The molecule has 8 N–H and O–H groups in total. The van der Waals surface area contributed by atoms with Gasteiger partial charge in [0.15, 0.2) is 12.6 Å². The molecule has 2 aliphatic rings. The molecule has 0 bridgehead atoms. The zero-order valence-corrected chi connectivity index (χ0v) is 49.0. The number of amides is 1. The maximum absolute atomic E-state index is 13.3. The first-order chi connectivity index (χ1) is 36.3. The monoisotopic (exact) mass is 1110 g/mol. The Hall–Kier alpha value is -1.16. The molecule has 76 heavy (non-hydrogen) atoms. The Labute approximate surface area is 459 Å². The third-order valence-electron chi connectivity index (χ3n) is 14.6. The number of aliphatic hydroxyl groups is 7. The summed E-state index contributed by atoms with van der Waals surface area (Å²) in [6, 6.07) is -0.959. The Morgan fingerprint density at radius 2 is 1.04 bits per heavy atom. The first-order valence-electron chi connectivity index (χ1n) is 29.9. The van der Waals surface area contributed by atoms with E-state index in [0.717, 1.165) is 50.9 Å². The Balaban J connectivity index is 1.90. The van der Waals surface area contributed by atoms with Gasteiger partial charge in [0, 0.05) is 6.42 Å². The molecule has 2 fully saturated rings. The summed E-state index contributed by atoms with van der Waals surface area (Å²) < 4.78 is 45.6. The number of phosphoric acid groups is 1. The molecule has 2 saturated heterocycles. The van der Waals surface area contributed by atoms with E-state index in [2.05, 4.69) is 26.1 Å². The lowest BCUT2D eigenvalue weighted by atomic mass is 9.98. The SMILES string of the molecule is CCCCCCCCCCCCCCCCCCCCCC(=O)N[C@@H](CO[C@@H]1O[C@H](CO[C@@H]2O[C@H](COP(=O)([O-])OCC[N+](C)(C)C)[C@H](O)[C@H](O)[C@H]2O)[C@H](O)[C@H](O)[C@H]1O)[C@H](O)/C=C/CCCCCCCCCCC(C)C. The molecule has 0 aliphatic carbocycles. The van der Waals surface area contributed by atoms with Gasteiger partial charge in [-0.05, 0) is 25.2 Å². The van der Waals surface area contributed by atoms with Crippen molar-refractivity contribution < 1.29 is 82.5 Å². The highest BCUT2D eigenvalue weighted by Gasteiger charge is 2.48. The van der Waals surface area contributed by atoms with Gasteiger partial charge in [-0.25, -0.2) is 0 Å². The summed E-state index contributed by atoms with van der Waals surface area (Å²) in [6.07, 6.45) is 20.9. The van der Waals surface area contributed by atoms with Crippen LogP contribution >= 0.6 is 7.82 Å². The van der Waals surface area contributed by atoms with Crippen LogP contribution < -0.4 is 10.2 Å². The van der Waals surface area contributed by atoms with Crippen molar-refractivity contribution >= 4 is 13.7 Å². The lowest BCUT2D eigenvalue weighted by Crippen LogP contribution is -2.62. The van der Waals surface area contributed by atoms with E-state index in [1.165, 1.54) is 135 Å². The molecule has 13 atom stereocenters. The molecule has 1 unspecified atom stereocenters. The van der Waals surface area contributed by atoms with Crippen LogP contribution in [0.2, 0.25) is 0 Å². The summed E-state index contributed by atoms with van der Waals surface area (Å²) in [5, 5.41) is 78.7. The lowest BCUT2D eigenvalue weighted by Gasteiger charge is -2.43. The Kier molecular flexibility index (Phi) is 39.0. The smallest absolute Gasteiger partial charge is 0.268 e. The molecule has 2 heterocycles. The Morgan fingerprint density at radius 1 is 0.605 bits per heavy atom. The molecule has 0 spiro atoms. The van der Waals surface area contributed by atoms with Crippen LogP contribution in [0.15, 0.2) is 12.2 Å². The van der Waals surface area contributed by atoms with Crippen molar-refractivity contribution in [1.29, 1.82) is 0 Å². The molecule has 0 aromatic heterocycles. The van der Waals surface area contributed by atoms with E-state index in [9.17, 15) is 50.0 Å². The van der Waals surface area contributed by atoms with Gasteiger partial charge in [-0.15, -0.1) is 0 Å². The van der Waals surface area contributed by atoms with E-state index in [-0.39, 0.29) is 25.5 Å². The van der Waals surface area contributed by atoms with Crippen molar-refractivity contribution in [2.75, 3.05) is 54.1 Å². The number of rotatable bonds is 47. The first-order valence-corrected chi connectivity index (χ1v) is 31.4. The van der Waals surface area contributed by atoms with E-state index in [1.54, 1.807) is 6.08 Å². The number of nitrogens with one attached hydrogen (secondary N) is 1. The molecule has 0 radical (unpaired) electrons. The second-order valence-electron chi connectivity index (χ2n) is 23.3. The Bertz CT molecular complexity index is 1510. The summed E-state index contributed by atoms with van der Waals surface area (Å²) in [5.41, 5.74) is 0. The minimum Gasteiger partial charge on any atom is -0.756 e. The predicted octanol–water partition coefficient (Wildman–Crippen LogP) is 7.62. The number of allylic oxidation sites excluding steroid dienone is 1. The number of ether oxygens (including phenoxy) is 4. The van der Waals surface area contributed by atoms with Gasteiger partial charge in [-0.1, -0.05) is 200 Å². The van der Waals surface area contributed by atoms with E-state index in [4.69, 9.17) is 28.0 Å². The van der Waals surface area contributed by atoms with Crippen molar-refractivity contribution in [2.45, 2.75) is 287 Å². The molecule has 1 amide bonds. The van der Waals surface area contributed by atoms with Gasteiger partial charge >= 0.3 is 0 Å². The second-order valence-corrected chi connectivity index (χ2v) is 24.7. The van der Waals surface area contributed by atoms with Crippen molar-refractivity contribution in [3.05, 3.63) is 12.2 Å². The fourth-order valence-electron chi connectivity index (χ4n) is 9.51. The number of carbonyl (C=O) groups excluding carboxylic acids is 1. The molecule has 0 aromatic carbocycles. The molecular formula is C57H111N2O16P. The number of aliphatic hydroxyl groups excluding tert-OH is 7. The van der Waals surface area contributed by atoms with Gasteiger partial charge in [0.2, 0.25) is 5.91 Å². The van der Waals surface area contributed by atoms with Crippen molar-refractivity contribution in [1.82, 2.24) is 5.32 Å². The average Bonchev–Trinajstić information content (AvgIpc) is 3.36. The number of phosphoric ester groups is 1. The number of hydrogen-bond acceptors (Lipinski definition) is 16. The van der Waals surface area contributed by atoms with Crippen molar-refractivity contribution in [3.63, 3.8) is 0 Å². The van der Waals surface area contributed by atoms with Crippen LogP contribution in [0, 0.1) is 5.92 Å². The maximum atomic E-state index is 13.3. The number of unbranched alkanes of at least 4 members (excludes halogenated alkanes) is 26. The van der Waals surface area contributed by atoms with Gasteiger partial charge in [0.25, 0.3) is 7.82 Å². The van der Waals surface area contributed by atoms with Crippen LogP contribution in [0.25, 0.3) is 0 Å². The fraction of sp³-hybridized carbons (Fsp3) is 0.947. The topological polar surface area (TPSA) is 266 Å². The standard InChI is InChI=1S/C57H111N2O16P/c1-7-8-9-10-11-12-13-14-15-16-17-18-19-20-21-26-29-32-35-38-49(61)58-45(46(60)37-34-31-28-25-23-22-24-27-30-33-36-44(2)3)41-70-56-54(66)52(64)50(62)47(74-56)42-71-57-55(67)53(65)51(63)48(75-57)43-73-76(68,69)72-40-39-59(4,5)6/h34,37,44-48,50-57,60,62-67H,7-33,35-36,38-43H2,1-6H3,(H-,58,61,68,69)/b37-34+/t45-,46+,47+,48+,50-,51-,52-,53-,54+,55+,56+,57+/m0/s1. The van der Waals surface area contributed by atoms with E-state index < -0.39 is 94.6 Å². The van der Waals surface area contributed by atoms with Gasteiger partial charge in [0.1, 0.15) is 62.0 Å². The summed E-state index contributed by atoms with van der Waals surface area (Å²) in [5.74, 6) is 0.485. The van der Waals surface area contributed by atoms with Gasteiger partial charge in [0.05, 0.1) is 53.1 Å². The van der Waals surface area contributed by atoms with Crippen LogP contribution in [-0.2, 0) is 37.4 Å². The van der Waals surface area contributed by atoms with Crippen LogP contribution in [-0.4, -0.2) is 174 Å². The molecule has 18 nitrogen and oxygen atoms in total. The molecule has 0 saturated carbocycles. The quantitative estimate of drug-likeness (QED) is 0.0126. The highest BCUT2D eigenvalue weighted by molar-refractivity contribution is 7.45. The zero-order valence-electron chi connectivity index (χ0n) is 48.1. The summed E-state index contributed by atoms with van der Waals surface area (Å²) >= 11 is 0. The molecule has 0 aromatic rings. The largest absolute Gasteiger partial charge is 0.756 e. The molecule has 2 rings (SSSR count). The normalized spacial score (nSPS) is 26.0. The minimum absolute atomic E-state index is 0.174. The maximum Gasteiger partial charge on any atom is 0.268 e. The molecular weight excluding hydrogens is 1000 g/mol. The summed E-state index contributed by atoms with van der Waals surface area (Å²) in [7, 11) is 0.682. The minimum atomic E-state index is -4.86. The summed E-state index contributed by atoms with van der Waals surface area (Å²) in [4.78, 5) is 25.7. The van der Waals surface area contributed by atoms with Crippen LogP contribution in [0.5, 0.6) is 0 Å². The van der Waals surface area contributed by atoms with E-state index in [0.29, 0.717) is 17.4 Å². The highest BCUT2D eigenvalue weighted by atomic mass is 31.2. The van der Waals surface area contributed by atoms with Crippen LogP contribution in [0.3, 0.4) is 0 Å². The van der Waals surface area contributed by atoms with Crippen molar-refractivity contribution in [2.24, 2.45) is 5.92 Å². The average molecular weight is 1110 g/mol.